The van der Waals surface area contributed by atoms with Gasteiger partial charge in [-0.15, -0.1) is 0 Å². The Balaban J connectivity index is 1.05. The molecule has 0 spiro atoms. The van der Waals surface area contributed by atoms with Gasteiger partial charge in [0.15, 0.2) is 5.82 Å². The van der Waals surface area contributed by atoms with E-state index in [1.165, 1.54) is 31.4 Å². The van der Waals surface area contributed by atoms with E-state index in [1.54, 1.807) is 6.20 Å². The van der Waals surface area contributed by atoms with E-state index < -0.39 is 0 Å². The highest BCUT2D eigenvalue weighted by Gasteiger charge is 2.25. The lowest BCUT2D eigenvalue weighted by atomic mass is 9.91. The van der Waals surface area contributed by atoms with Gasteiger partial charge in [-0.2, -0.15) is 10.1 Å². The van der Waals surface area contributed by atoms with Crippen molar-refractivity contribution >= 4 is 23.6 Å². The van der Waals surface area contributed by atoms with Gasteiger partial charge in [-0.1, -0.05) is 12.8 Å². The molecule has 2 aromatic rings. The summed E-state index contributed by atoms with van der Waals surface area (Å²) in [5.41, 5.74) is 1.21. The SMILES string of the molecule is CN1CCC(NC(=O)NC2CCC(Nc3nccc(Nc4cc(C5CCCC5)[nH]n4)n3)CC2)CC1. The molecule has 0 unspecified atom stereocenters. The van der Waals surface area contributed by atoms with E-state index in [2.05, 4.69) is 59.4 Å². The van der Waals surface area contributed by atoms with E-state index in [1.807, 2.05) is 6.07 Å². The van der Waals surface area contributed by atoms with Crippen LogP contribution in [0.2, 0.25) is 0 Å². The van der Waals surface area contributed by atoms with E-state index in [0.717, 1.165) is 63.3 Å². The molecule has 0 radical (unpaired) electrons. The molecule has 5 rings (SSSR count). The maximum absolute atomic E-state index is 12.4. The monoisotopic (exact) mass is 481 g/mol. The molecule has 3 heterocycles. The summed E-state index contributed by atoms with van der Waals surface area (Å²) in [6.45, 7) is 2.09. The predicted molar refractivity (Wildman–Crippen MR) is 137 cm³/mol. The summed E-state index contributed by atoms with van der Waals surface area (Å²) in [6, 6.07) is 4.76. The molecule has 10 heteroatoms. The number of amides is 2. The largest absolute Gasteiger partial charge is 0.351 e. The van der Waals surface area contributed by atoms with Crippen molar-refractivity contribution < 1.29 is 4.79 Å². The third-order valence-corrected chi connectivity index (χ3v) is 7.75. The van der Waals surface area contributed by atoms with Crippen molar-refractivity contribution in [1.82, 2.24) is 35.7 Å². The van der Waals surface area contributed by atoms with Crippen LogP contribution in [-0.2, 0) is 0 Å². The van der Waals surface area contributed by atoms with Gasteiger partial charge in [0, 0.05) is 42.0 Å². The van der Waals surface area contributed by atoms with Crippen molar-refractivity contribution in [2.75, 3.05) is 30.8 Å². The van der Waals surface area contributed by atoms with E-state index in [0.29, 0.717) is 17.9 Å². The van der Waals surface area contributed by atoms with Crippen molar-refractivity contribution in [2.45, 2.75) is 88.3 Å². The molecule has 35 heavy (non-hydrogen) atoms. The van der Waals surface area contributed by atoms with Crippen LogP contribution in [0.1, 0.15) is 75.8 Å². The Labute approximate surface area is 207 Å². The molecule has 3 fully saturated rings. The molecule has 5 N–H and O–H groups in total. The third kappa shape index (κ3) is 6.62. The standard InChI is InChI=1S/C25H39N9O/c1-34-14-11-20(12-15-34)29-25(35)28-19-8-6-18(7-9-19)27-24-26-13-10-22(31-24)30-23-16-21(32-33-23)17-4-2-3-5-17/h10,13,16-20H,2-9,11-12,14-15H2,1H3,(H2,28,29,35)(H3,26,27,30,31,32,33). The molecular weight excluding hydrogens is 442 g/mol. The van der Waals surface area contributed by atoms with Gasteiger partial charge in [0.2, 0.25) is 5.95 Å². The van der Waals surface area contributed by atoms with Crippen LogP contribution in [0, 0.1) is 0 Å². The quantitative estimate of drug-likeness (QED) is 0.408. The molecule has 1 saturated heterocycles. The lowest BCUT2D eigenvalue weighted by Gasteiger charge is -2.32. The molecule has 0 bridgehead atoms. The molecule has 2 aromatic heterocycles. The number of hydrogen-bond donors (Lipinski definition) is 5. The Morgan fingerprint density at radius 3 is 2.37 bits per heavy atom. The number of piperidine rings is 1. The third-order valence-electron chi connectivity index (χ3n) is 7.75. The smallest absolute Gasteiger partial charge is 0.315 e. The van der Waals surface area contributed by atoms with E-state index in [9.17, 15) is 4.79 Å². The number of nitrogens with zero attached hydrogens (tertiary/aromatic N) is 4. The van der Waals surface area contributed by atoms with Crippen LogP contribution >= 0.6 is 0 Å². The molecule has 10 nitrogen and oxygen atoms in total. The second kappa shape index (κ2) is 11.2. The minimum Gasteiger partial charge on any atom is -0.351 e. The first-order valence-corrected chi connectivity index (χ1v) is 13.3. The first-order valence-electron chi connectivity index (χ1n) is 13.3. The minimum atomic E-state index is -0.0208. The second-order valence-electron chi connectivity index (χ2n) is 10.5. The van der Waals surface area contributed by atoms with Gasteiger partial charge in [0.25, 0.3) is 0 Å². The lowest BCUT2D eigenvalue weighted by Crippen LogP contribution is -2.50. The number of carbonyl (C=O) groups is 1. The average Bonchev–Trinajstić information content (AvgIpc) is 3.55. The lowest BCUT2D eigenvalue weighted by molar-refractivity contribution is 0.208. The Morgan fingerprint density at radius 1 is 0.943 bits per heavy atom. The van der Waals surface area contributed by atoms with Gasteiger partial charge in [-0.3, -0.25) is 5.10 Å². The highest BCUT2D eigenvalue weighted by molar-refractivity contribution is 5.74. The Bertz CT molecular complexity index is 957. The molecule has 2 amide bonds. The first-order chi connectivity index (χ1) is 17.1. The fraction of sp³-hybridized carbons (Fsp3) is 0.680. The molecular formula is C25H39N9O. The van der Waals surface area contributed by atoms with Crippen LogP contribution in [0.5, 0.6) is 0 Å². The number of rotatable bonds is 7. The van der Waals surface area contributed by atoms with Crippen molar-refractivity contribution in [2.24, 2.45) is 0 Å². The van der Waals surface area contributed by atoms with Crippen LogP contribution < -0.4 is 21.3 Å². The van der Waals surface area contributed by atoms with Gasteiger partial charge < -0.3 is 26.2 Å². The van der Waals surface area contributed by atoms with Crippen molar-refractivity contribution in [3.8, 4) is 0 Å². The summed E-state index contributed by atoms with van der Waals surface area (Å²) >= 11 is 0. The fourth-order valence-corrected chi connectivity index (χ4v) is 5.61. The predicted octanol–water partition coefficient (Wildman–Crippen LogP) is 3.72. The van der Waals surface area contributed by atoms with Crippen molar-refractivity contribution in [3.63, 3.8) is 0 Å². The van der Waals surface area contributed by atoms with Crippen LogP contribution in [0.3, 0.4) is 0 Å². The van der Waals surface area contributed by atoms with E-state index >= 15 is 0 Å². The summed E-state index contributed by atoms with van der Waals surface area (Å²) in [5.74, 6) is 2.75. The average molecular weight is 482 g/mol. The number of anilines is 3. The van der Waals surface area contributed by atoms with Gasteiger partial charge in [-0.05, 0) is 77.6 Å². The molecule has 3 aliphatic rings. The van der Waals surface area contributed by atoms with E-state index in [-0.39, 0.29) is 18.1 Å². The number of likely N-dealkylation sites (tertiary alicyclic amines) is 1. The number of nitrogens with one attached hydrogen (secondary N) is 5. The highest BCUT2D eigenvalue weighted by Crippen LogP contribution is 2.34. The maximum Gasteiger partial charge on any atom is 0.315 e. The zero-order valence-electron chi connectivity index (χ0n) is 20.7. The fourth-order valence-electron chi connectivity index (χ4n) is 5.61. The molecule has 0 atom stereocenters. The minimum absolute atomic E-state index is 0.0208. The second-order valence-corrected chi connectivity index (χ2v) is 10.5. The summed E-state index contributed by atoms with van der Waals surface area (Å²) in [7, 11) is 2.13. The van der Waals surface area contributed by atoms with Crippen molar-refractivity contribution in [1.29, 1.82) is 0 Å². The number of aromatic nitrogens is 4. The Hall–Kier alpha value is -2.88. The molecule has 190 valence electrons. The van der Waals surface area contributed by atoms with Gasteiger partial charge in [0.05, 0.1) is 0 Å². The number of H-pyrrole nitrogens is 1. The molecule has 1 aliphatic heterocycles. The Kier molecular flexibility index (Phi) is 7.66. The molecule has 2 saturated carbocycles. The van der Waals surface area contributed by atoms with Gasteiger partial charge in [-0.25, -0.2) is 9.78 Å². The van der Waals surface area contributed by atoms with Crippen molar-refractivity contribution in [3.05, 3.63) is 24.0 Å². The summed E-state index contributed by atoms with van der Waals surface area (Å²) < 4.78 is 0. The highest BCUT2D eigenvalue weighted by atomic mass is 16.2. The first kappa shape index (κ1) is 23.8. The zero-order valence-corrected chi connectivity index (χ0v) is 20.7. The van der Waals surface area contributed by atoms with Crippen LogP contribution in [0.25, 0.3) is 0 Å². The number of aromatic amines is 1. The van der Waals surface area contributed by atoms with Gasteiger partial charge in [0.1, 0.15) is 5.82 Å². The number of carbonyl (C=O) groups excluding carboxylic acids is 1. The number of hydrogen-bond acceptors (Lipinski definition) is 7. The summed E-state index contributed by atoms with van der Waals surface area (Å²) in [6.07, 6.45) is 12.8. The molecule has 0 aromatic carbocycles. The Morgan fingerprint density at radius 2 is 1.63 bits per heavy atom. The topological polar surface area (TPSA) is 123 Å². The van der Waals surface area contributed by atoms with Gasteiger partial charge >= 0.3 is 6.03 Å². The summed E-state index contributed by atoms with van der Waals surface area (Å²) in [4.78, 5) is 23.8. The summed E-state index contributed by atoms with van der Waals surface area (Å²) in [5, 5.41) is 20.7. The van der Waals surface area contributed by atoms with E-state index in [4.69, 9.17) is 0 Å². The zero-order chi connectivity index (χ0) is 24.0. The van der Waals surface area contributed by atoms with Crippen LogP contribution in [-0.4, -0.2) is 69.4 Å². The maximum atomic E-state index is 12.4. The van der Waals surface area contributed by atoms with Crippen LogP contribution in [0.4, 0.5) is 22.4 Å². The normalized spacial score (nSPS) is 24.3. The van der Waals surface area contributed by atoms with Crippen LogP contribution in [0.15, 0.2) is 18.3 Å². The number of urea groups is 1. The molecule has 2 aliphatic carbocycles.